The highest BCUT2D eigenvalue weighted by Gasteiger charge is 2.28. The maximum Gasteiger partial charge on any atom is 0.158 e. The molecule has 2 heteroatoms. The summed E-state index contributed by atoms with van der Waals surface area (Å²) in [5.74, 6) is 1.35. The van der Waals surface area contributed by atoms with Crippen LogP contribution in [0.3, 0.4) is 0 Å². The van der Waals surface area contributed by atoms with Crippen molar-refractivity contribution >= 4 is 0 Å². The third-order valence-corrected chi connectivity index (χ3v) is 2.87. The largest absolute Gasteiger partial charge is 0.239 e. The minimum atomic E-state index is -1.55. The van der Waals surface area contributed by atoms with E-state index in [1.54, 1.807) is 32.1 Å². The lowest BCUT2D eigenvalue weighted by Crippen LogP contribution is -2.19. The Labute approximate surface area is 95.7 Å². The zero-order chi connectivity index (χ0) is 12.1. The van der Waals surface area contributed by atoms with Crippen LogP contribution in [0.25, 0.3) is 0 Å². The minimum absolute atomic E-state index is 0.368. The molecule has 1 aliphatic carbocycles. The number of terminal acetylenes is 1. The first-order valence-corrected chi connectivity index (χ1v) is 5.40. The van der Waals surface area contributed by atoms with Gasteiger partial charge in [-0.2, -0.15) is 0 Å². The Morgan fingerprint density at radius 2 is 2.31 bits per heavy atom. The Kier molecular flexibility index (Phi) is 4.49. The van der Waals surface area contributed by atoms with Crippen molar-refractivity contribution in [3.8, 4) is 12.3 Å². The lowest BCUT2D eigenvalue weighted by atomic mass is 9.88. The normalized spacial score (nSPS) is 25.8. The van der Waals surface area contributed by atoms with Crippen LogP contribution in [-0.2, 0) is 0 Å². The molecule has 2 unspecified atom stereocenters. The molecular formula is C14H16F2. The van der Waals surface area contributed by atoms with E-state index in [0.717, 1.165) is 5.57 Å². The van der Waals surface area contributed by atoms with E-state index in [4.69, 9.17) is 6.42 Å². The monoisotopic (exact) mass is 222 g/mol. The average Bonchev–Trinajstić information content (AvgIpc) is 2.30. The first-order chi connectivity index (χ1) is 7.61. The third-order valence-electron chi connectivity index (χ3n) is 2.87. The topological polar surface area (TPSA) is 0 Å². The van der Waals surface area contributed by atoms with Crippen LogP contribution in [0, 0.1) is 18.3 Å². The molecule has 0 aliphatic heterocycles. The molecule has 1 rings (SSSR count). The van der Waals surface area contributed by atoms with Crippen LogP contribution in [0.2, 0.25) is 0 Å². The number of alkyl halides is 1. The molecule has 0 spiro atoms. The average molecular weight is 222 g/mol. The first kappa shape index (κ1) is 12.7. The number of allylic oxidation sites excluding steroid dienone is 6. The van der Waals surface area contributed by atoms with Crippen molar-refractivity contribution in [1.82, 2.24) is 0 Å². The van der Waals surface area contributed by atoms with Crippen LogP contribution in [0.1, 0.15) is 26.7 Å². The van der Waals surface area contributed by atoms with Crippen LogP contribution in [-0.4, -0.2) is 6.17 Å². The Morgan fingerprint density at radius 1 is 1.62 bits per heavy atom. The second kappa shape index (κ2) is 5.65. The quantitative estimate of drug-likeness (QED) is 0.630. The van der Waals surface area contributed by atoms with Gasteiger partial charge in [0.15, 0.2) is 6.17 Å². The molecule has 86 valence electrons. The molecule has 2 atom stereocenters. The third kappa shape index (κ3) is 2.61. The standard InChI is InChI=1S/C14H16F2/c1-4-6-7-11-8-9-12(10(3)5-2)14(16)13(11)15/h1,5,8-9,11,13H,6-7H2,2-3H3/b10-5+. The van der Waals surface area contributed by atoms with Gasteiger partial charge < -0.3 is 0 Å². The number of hydrogen-bond acceptors (Lipinski definition) is 0. The SMILES string of the molecule is C#CCCC1C=CC(/C(C)=C/C)=C(F)C1F. The maximum atomic E-state index is 13.7. The molecule has 0 bridgehead atoms. The Hall–Kier alpha value is -1.36. The second-order valence-corrected chi connectivity index (χ2v) is 3.90. The van der Waals surface area contributed by atoms with Gasteiger partial charge in [0.2, 0.25) is 0 Å². The summed E-state index contributed by atoms with van der Waals surface area (Å²) < 4.78 is 27.4. The Morgan fingerprint density at radius 3 is 2.88 bits per heavy atom. The highest BCUT2D eigenvalue weighted by molar-refractivity contribution is 5.44. The molecule has 0 saturated carbocycles. The van der Waals surface area contributed by atoms with Crippen LogP contribution in [0.5, 0.6) is 0 Å². The van der Waals surface area contributed by atoms with Gasteiger partial charge in [-0.3, -0.25) is 0 Å². The predicted molar refractivity (Wildman–Crippen MR) is 63.2 cm³/mol. The molecule has 0 radical (unpaired) electrons. The van der Waals surface area contributed by atoms with Gasteiger partial charge in [0.25, 0.3) is 0 Å². The summed E-state index contributed by atoms with van der Waals surface area (Å²) >= 11 is 0. The number of rotatable bonds is 3. The van der Waals surface area contributed by atoms with Crippen molar-refractivity contribution in [2.75, 3.05) is 0 Å². The molecule has 0 amide bonds. The summed E-state index contributed by atoms with van der Waals surface area (Å²) in [5.41, 5.74) is 1.12. The molecule has 0 saturated heterocycles. The highest BCUT2D eigenvalue weighted by Crippen LogP contribution is 2.33. The van der Waals surface area contributed by atoms with Gasteiger partial charge in [0.05, 0.1) is 0 Å². The van der Waals surface area contributed by atoms with Crippen LogP contribution in [0.4, 0.5) is 8.78 Å². The zero-order valence-corrected chi connectivity index (χ0v) is 9.63. The van der Waals surface area contributed by atoms with Crippen molar-refractivity contribution in [2.24, 2.45) is 5.92 Å². The highest BCUT2D eigenvalue weighted by atomic mass is 19.2. The van der Waals surface area contributed by atoms with E-state index in [0.29, 0.717) is 18.4 Å². The number of hydrogen-bond donors (Lipinski definition) is 0. The van der Waals surface area contributed by atoms with Crippen LogP contribution in [0.15, 0.2) is 35.2 Å². The fraction of sp³-hybridized carbons (Fsp3) is 0.429. The smallest absolute Gasteiger partial charge is 0.158 e. The Balaban J connectivity index is 2.86. The van der Waals surface area contributed by atoms with Crippen molar-refractivity contribution in [2.45, 2.75) is 32.9 Å². The van der Waals surface area contributed by atoms with Gasteiger partial charge in [-0.25, -0.2) is 8.78 Å². The lowest BCUT2D eigenvalue weighted by Gasteiger charge is -2.22. The molecule has 0 aromatic rings. The van der Waals surface area contributed by atoms with Crippen molar-refractivity contribution < 1.29 is 8.78 Å². The molecule has 0 N–H and O–H groups in total. The maximum absolute atomic E-state index is 13.7. The molecule has 16 heavy (non-hydrogen) atoms. The van der Waals surface area contributed by atoms with E-state index < -0.39 is 17.9 Å². The molecule has 0 heterocycles. The first-order valence-electron chi connectivity index (χ1n) is 5.40. The lowest BCUT2D eigenvalue weighted by molar-refractivity contribution is 0.250. The van der Waals surface area contributed by atoms with Gasteiger partial charge in [-0.1, -0.05) is 18.2 Å². The van der Waals surface area contributed by atoms with Crippen LogP contribution >= 0.6 is 0 Å². The van der Waals surface area contributed by atoms with Crippen molar-refractivity contribution in [3.05, 3.63) is 35.2 Å². The predicted octanol–water partition coefficient (Wildman–Crippen LogP) is 4.11. The molecule has 0 aromatic heterocycles. The summed E-state index contributed by atoms with van der Waals surface area (Å²) in [6.07, 6.45) is 9.66. The molecular weight excluding hydrogens is 206 g/mol. The second-order valence-electron chi connectivity index (χ2n) is 3.90. The van der Waals surface area contributed by atoms with Crippen LogP contribution < -0.4 is 0 Å². The van der Waals surface area contributed by atoms with E-state index >= 15 is 0 Å². The summed E-state index contributed by atoms with van der Waals surface area (Å²) in [4.78, 5) is 0. The molecule has 0 aromatic carbocycles. The van der Waals surface area contributed by atoms with E-state index in [1.807, 2.05) is 0 Å². The summed E-state index contributed by atoms with van der Waals surface area (Å²) in [7, 11) is 0. The van der Waals surface area contributed by atoms with Gasteiger partial charge in [-0.15, -0.1) is 12.3 Å². The van der Waals surface area contributed by atoms with E-state index in [9.17, 15) is 8.78 Å². The Bertz CT molecular complexity index is 380. The van der Waals surface area contributed by atoms with Crippen molar-refractivity contribution in [1.29, 1.82) is 0 Å². The van der Waals surface area contributed by atoms with E-state index in [1.165, 1.54) is 0 Å². The van der Waals surface area contributed by atoms with Gasteiger partial charge in [0.1, 0.15) is 5.83 Å². The summed E-state index contributed by atoms with van der Waals surface area (Å²) in [6.45, 7) is 3.58. The van der Waals surface area contributed by atoms with E-state index in [-0.39, 0.29) is 0 Å². The van der Waals surface area contributed by atoms with Crippen molar-refractivity contribution in [3.63, 3.8) is 0 Å². The fourth-order valence-corrected chi connectivity index (χ4v) is 1.70. The molecule has 1 aliphatic rings. The van der Waals surface area contributed by atoms with Gasteiger partial charge in [-0.05, 0) is 25.8 Å². The fourth-order valence-electron chi connectivity index (χ4n) is 1.70. The van der Waals surface area contributed by atoms with Gasteiger partial charge >= 0.3 is 0 Å². The summed E-state index contributed by atoms with van der Waals surface area (Å²) in [6, 6.07) is 0. The zero-order valence-electron chi connectivity index (χ0n) is 9.63. The van der Waals surface area contributed by atoms with E-state index in [2.05, 4.69) is 5.92 Å². The molecule has 0 nitrogen and oxygen atoms in total. The molecule has 0 fully saturated rings. The summed E-state index contributed by atoms with van der Waals surface area (Å²) in [5, 5.41) is 0. The minimum Gasteiger partial charge on any atom is -0.239 e. The number of halogens is 2. The van der Waals surface area contributed by atoms with Gasteiger partial charge in [0, 0.05) is 17.9 Å².